The predicted octanol–water partition coefficient (Wildman–Crippen LogP) is 2.82. The van der Waals surface area contributed by atoms with Crippen molar-refractivity contribution in [3.8, 4) is 6.07 Å². The molecule has 82 valence electrons. The van der Waals surface area contributed by atoms with Gasteiger partial charge < -0.3 is 4.90 Å². The molecule has 1 saturated heterocycles. The zero-order valence-electron chi connectivity index (χ0n) is 8.28. The number of rotatable bonds is 1. The molecule has 0 radical (unpaired) electrons. The van der Waals surface area contributed by atoms with Crippen molar-refractivity contribution in [2.75, 3.05) is 11.4 Å². The lowest BCUT2D eigenvalue weighted by molar-refractivity contribution is -0.117. The molecular weight excluding hydrogens is 336 g/mol. The number of carbonyl (C=O) groups is 1. The smallest absolute Gasteiger partial charge is 0.228 e. The lowest BCUT2D eigenvalue weighted by Crippen LogP contribution is -2.25. The van der Waals surface area contributed by atoms with Gasteiger partial charge in [-0.1, -0.05) is 22.0 Å². The predicted molar refractivity (Wildman–Crippen MR) is 68.5 cm³/mol. The molecule has 0 aromatic heterocycles. The molecule has 1 aromatic carbocycles. The van der Waals surface area contributed by atoms with Crippen molar-refractivity contribution in [3.05, 3.63) is 28.2 Å². The standard InChI is InChI=1S/C11H8Br2N2O/c12-7-4-11(16)15(6-7)10-3-1-2-9(13)8(10)5-14/h1-3,7H,4,6H2. The summed E-state index contributed by atoms with van der Waals surface area (Å²) in [6.45, 7) is 0.615. The van der Waals surface area contributed by atoms with Crippen molar-refractivity contribution in [1.29, 1.82) is 5.26 Å². The van der Waals surface area contributed by atoms with Crippen LogP contribution in [0.2, 0.25) is 0 Å². The Bertz CT molecular complexity index is 481. The Morgan fingerprint density at radius 1 is 1.50 bits per heavy atom. The molecule has 0 N–H and O–H groups in total. The summed E-state index contributed by atoms with van der Waals surface area (Å²) in [7, 11) is 0. The SMILES string of the molecule is N#Cc1c(Br)cccc1N1CC(Br)CC1=O. The maximum absolute atomic E-state index is 11.7. The van der Waals surface area contributed by atoms with E-state index in [4.69, 9.17) is 5.26 Å². The number of alkyl halides is 1. The van der Waals surface area contributed by atoms with Gasteiger partial charge in [0.05, 0.1) is 11.3 Å². The first-order chi connectivity index (χ1) is 7.63. The van der Waals surface area contributed by atoms with E-state index in [0.29, 0.717) is 24.2 Å². The Morgan fingerprint density at radius 3 is 2.81 bits per heavy atom. The van der Waals surface area contributed by atoms with Crippen LogP contribution in [0.5, 0.6) is 0 Å². The van der Waals surface area contributed by atoms with E-state index in [1.54, 1.807) is 17.0 Å². The second kappa shape index (κ2) is 4.56. The molecule has 0 bridgehead atoms. The van der Waals surface area contributed by atoms with Gasteiger partial charge in [-0.2, -0.15) is 5.26 Å². The van der Waals surface area contributed by atoms with E-state index in [9.17, 15) is 4.79 Å². The van der Waals surface area contributed by atoms with Gasteiger partial charge in [-0.05, 0) is 28.1 Å². The fraction of sp³-hybridized carbons (Fsp3) is 0.273. The molecule has 1 aliphatic heterocycles. The van der Waals surface area contributed by atoms with Crippen LogP contribution in [0.3, 0.4) is 0 Å². The molecule has 1 atom stereocenters. The number of halogens is 2. The highest BCUT2D eigenvalue weighted by Crippen LogP contribution is 2.31. The van der Waals surface area contributed by atoms with Crippen LogP contribution in [0.1, 0.15) is 12.0 Å². The summed E-state index contributed by atoms with van der Waals surface area (Å²) in [6.07, 6.45) is 0.484. The molecule has 1 aliphatic rings. The molecule has 1 fully saturated rings. The maximum atomic E-state index is 11.7. The van der Waals surface area contributed by atoms with Crippen molar-refractivity contribution in [1.82, 2.24) is 0 Å². The second-order valence-electron chi connectivity index (χ2n) is 3.55. The van der Waals surface area contributed by atoms with Gasteiger partial charge in [-0.15, -0.1) is 0 Å². The van der Waals surface area contributed by atoms with Crippen molar-refractivity contribution in [2.45, 2.75) is 11.2 Å². The van der Waals surface area contributed by atoms with Gasteiger partial charge in [0.15, 0.2) is 0 Å². The maximum Gasteiger partial charge on any atom is 0.228 e. The minimum absolute atomic E-state index is 0.0523. The molecule has 3 nitrogen and oxygen atoms in total. The quantitative estimate of drug-likeness (QED) is 0.736. The first-order valence-electron chi connectivity index (χ1n) is 4.76. The molecule has 1 amide bonds. The van der Waals surface area contributed by atoms with Crippen molar-refractivity contribution >= 4 is 43.5 Å². The fourth-order valence-electron chi connectivity index (χ4n) is 1.75. The van der Waals surface area contributed by atoms with E-state index >= 15 is 0 Å². The zero-order valence-corrected chi connectivity index (χ0v) is 11.5. The molecule has 1 unspecified atom stereocenters. The van der Waals surface area contributed by atoms with Gasteiger partial charge in [0.2, 0.25) is 5.91 Å². The van der Waals surface area contributed by atoms with Crippen LogP contribution in [0, 0.1) is 11.3 Å². The highest BCUT2D eigenvalue weighted by atomic mass is 79.9. The lowest BCUT2D eigenvalue weighted by Gasteiger charge is -2.17. The number of amides is 1. The molecular formula is C11H8Br2N2O. The summed E-state index contributed by atoms with van der Waals surface area (Å²) in [5.41, 5.74) is 1.20. The third kappa shape index (κ3) is 2.00. The monoisotopic (exact) mass is 342 g/mol. The molecule has 1 aromatic rings. The number of anilines is 1. The molecule has 2 rings (SSSR count). The zero-order chi connectivity index (χ0) is 11.7. The molecule has 5 heteroatoms. The van der Waals surface area contributed by atoms with E-state index in [-0.39, 0.29) is 10.7 Å². The van der Waals surface area contributed by atoms with Gasteiger partial charge in [0, 0.05) is 22.3 Å². The minimum atomic E-state index is 0.0523. The Labute approximate surface area is 110 Å². The van der Waals surface area contributed by atoms with Crippen LogP contribution >= 0.6 is 31.9 Å². The van der Waals surface area contributed by atoms with E-state index in [2.05, 4.69) is 37.9 Å². The summed E-state index contributed by atoms with van der Waals surface area (Å²) >= 11 is 6.74. The summed E-state index contributed by atoms with van der Waals surface area (Å²) in [6, 6.07) is 7.55. The van der Waals surface area contributed by atoms with Crippen LogP contribution in [-0.2, 0) is 4.79 Å². The topological polar surface area (TPSA) is 44.1 Å². The Balaban J connectivity index is 2.45. The summed E-state index contributed by atoms with van der Waals surface area (Å²) in [5, 5.41) is 9.08. The van der Waals surface area contributed by atoms with E-state index in [1.807, 2.05) is 6.07 Å². The van der Waals surface area contributed by atoms with Gasteiger partial charge >= 0.3 is 0 Å². The number of hydrogen-bond acceptors (Lipinski definition) is 2. The minimum Gasteiger partial charge on any atom is -0.310 e. The van der Waals surface area contributed by atoms with Crippen LogP contribution in [0.25, 0.3) is 0 Å². The first-order valence-corrected chi connectivity index (χ1v) is 6.47. The number of hydrogen-bond donors (Lipinski definition) is 0. The third-order valence-electron chi connectivity index (χ3n) is 2.47. The largest absolute Gasteiger partial charge is 0.310 e. The molecule has 16 heavy (non-hydrogen) atoms. The fourth-order valence-corrected chi connectivity index (χ4v) is 2.76. The van der Waals surface area contributed by atoms with Crippen molar-refractivity contribution < 1.29 is 4.79 Å². The van der Waals surface area contributed by atoms with Crippen LogP contribution in [0.15, 0.2) is 22.7 Å². The Hall–Kier alpha value is -0.860. The van der Waals surface area contributed by atoms with E-state index < -0.39 is 0 Å². The summed E-state index contributed by atoms with van der Waals surface area (Å²) in [4.78, 5) is 13.6. The Kier molecular flexibility index (Phi) is 3.31. The molecule has 0 saturated carbocycles. The van der Waals surface area contributed by atoms with Crippen LogP contribution < -0.4 is 4.90 Å². The van der Waals surface area contributed by atoms with E-state index in [0.717, 1.165) is 4.47 Å². The second-order valence-corrected chi connectivity index (χ2v) is 5.70. The molecule has 1 heterocycles. The van der Waals surface area contributed by atoms with Gasteiger partial charge in [-0.25, -0.2) is 0 Å². The normalized spacial score (nSPS) is 19.9. The van der Waals surface area contributed by atoms with Gasteiger partial charge in [0.1, 0.15) is 6.07 Å². The number of carbonyl (C=O) groups excluding carboxylic acids is 1. The highest BCUT2D eigenvalue weighted by Gasteiger charge is 2.30. The van der Waals surface area contributed by atoms with E-state index in [1.165, 1.54) is 0 Å². The first kappa shape index (κ1) is 11.6. The summed E-state index contributed by atoms with van der Waals surface area (Å²) in [5.74, 6) is 0.0523. The highest BCUT2D eigenvalue weighted by molar-refractivity contribution is 9.10. The van der Waals surface area contributed by atoms with Crippen LogP contribution in [0.4, 0.5) is 5.69 Å². The van der Waals surface area contributed by atoms with Gasteiger partial charge in [0.25, 0.3) is 0 Å². The summed E-state index contributed by atoms with van der Waals surface area (Å²) < 4.78 is 0.721. The van der Waals surface area contributed by atoms with Gasteiger partial charge in [-0.3, -0.25) is 4.79 Å². The molecule has 0 spiro atoms. The molecule has 0 aliphatic carbocycles. The lowest BCUT2D eigenvalue weighted by atomic mass is 10.2. The number of nitrogens with zero attached hydrogens (tertiary/aromatic N) is 2. The van der Waals surface area contributed by atoms with Crippen molar-refractivity contribution in [2.24, 2.45) is 0 Å². The number of benzene rings is 1. The Morgan fingerprint density at radius 2 is 2.25 bits per heavy atom. The van der Waals surface area contributed by atoms with Crippen LogP contribution in [-0.4, -0.2) is 17.3 Å². The average Bonchev–Trinajstić information content (AvgIpc) is 2.57. The van der Waals surface area contributed by atoms with Crippen molar-refractivity contribution in [3.63, 3.8) is 0 Å². The average molecular weight is 344 g/mol. The third-order valence-corrected chi connectivity index (χ3v) is 3.75. The number of nitriles is 1.